The van der Waals surface area contributed by atoms with E-state index in [0.29, 0.717) is 5.56 Å². The third kappa shape index (κ3) is 1.62. The van der Waals surface area contributed by atoms with Gasteiger partial charge in [0.2, 0.25) is 0 Å². The molecule has 0 N–H and O–H groups in total. The van der Waals surface area contributed by atoms with Crippen molar-refractivity contribution in [2.45, 2.75) is 0 Å². The van der Waals surface area contributed by atoms with Crippen molar-refractivity contribution in [3.63, 3.8) is 0 Å². The minimum atomic E-state index is -0.334. The van der Waals surface area contributed by atoms with Crippen LogP contribution in [0.1, 0.15) is 10.4 Å². The smallest absolute Gasteiger partial charge is 0.341 e. The largest absolute Gasteiger partial charge is 0.465 e. The van der Waals surface area contributed by atoms with E-state index in [0.717, 1.165) is 17.2 Å². The molecule has 0 radical (unpaired) electrons. The number of esters is 1. The second-order valence-electron chi connectivity index (χ2n) is 2.34. The fourth-order valence-electron chi connectivity index (χ4n) is 1.01. The van der Waals surface area contributed by atoms with Crippen molar-refractivity contribution in [2.75, 3.05) is 7.11 Å². The summed E-state index contributed by atoms with van der Waals surface area (Å²) in [7, 11) is 1.37. The molecule has 0 amide bonds. The highest BCUT2D eigenvalue weighted by molar-refractivity contribution is 9.11. The fraction of sp³-hybridized carbons (Fsp3) is 0.143. The Kier molecular flexibility index (Phi) is 2.92. The summed E-state index contributed by atoms with van der Waals surface area (Å²) >= 11 is 9.46. The van der Waals surface area contributed by atoms with Crippen LogP contribution in [0.5, 0.6) is 0 Å². The maximum Gasteiger partial charge on any atom is 0.341 e. The predicted molar refractivity (Wildman–Crippen MR) is 64.2 cm³/mol. The molecule has 0 unspecified atom stereocenters. The molecule has 0 aliphatic heterocycles. The maximum atomic E-state index is 11.4. The highest BCUT2D eigenvalue weighted by Crippen LogP contribution is 2.40. The van der Waals surface area contributed by atoms with E-state index in [2.05, 4.69) is 36.8 Å². The molecule has 2 aromatic rings. The topological polar surface area (TPSA) is 39.2 Å². The molecule has 3 nitrogen and oxygen atoms in total. The van der Waals surface area contributed by atoms with Crippen LogP contribution >= 0.6 is 54.5 Å². The first-order valence-electron chi connectivity index (χ1n) is 3.46. The highest BCUT2D eigenvalue weighted by Gasteiger charge is 2.21. The van der Waals surface area contributed by atoms with Crippen LogP contribution in [-0.2, 0) is 4.74 Å². The van der Waals surface area contributed by atoms with Gasteiger partial charge in [-0.15, -0.1) is 22.7 Å². The standard InChI is InChI=1S/C7H3Br2NO2S2/c1-12-6(11)2-3-5(14-4(2)8)10-7(9)13-3/h1H3. The Morgan fingerprint density at radius 2 is 2.14 bits per heavy atom. The van der Waals surface area contributed by atoms with Crippen LogP contribution in [0.3, 0.4) is 0 Å². The number of carbonyl (C=O) groups excluding carboxylic acids is 1. The van der Waals surface area contributed by atoms with E-state index >= 15 is 0 Å². The third-order valence-corrected chi connectivity index (χ3v) is 4.98. The van der Waals surface area contributed by atoms with Gasteiger partial charge in [0, 0.05) is 0 Å². The van der Waals surface area contributed by atoms with Gasteiger partial charge in [0.25, 0.3) is 0 Å². The lowest BCUT2D eigenvalue weighted by Crippen LogP contribution is -1.99. The van der Waals surface area contributed by atoms with Crippen molar-refractivity contribution in [3.05, 3.63) is 13.3 Å². The molecule has 0 aromatic carbocycles. The number of hydrogen-bond acceptors (Lipinski definition) is 5. The second-order valence-corrected chi connectivity index (χ2v) is 6.94. The van der Waals surface area contributed by atoms with Gasteiger partial charge in [0.1, 0.15) is 10.4 Å². The Balaban J connectivity index is 2.71. The molecular weight excluding hydrogens is 354 g/mol. The third-order valence-electron chi connectivity index (χ3n) is 1.57. The summed E-state index contributed by atoms with van der Waals surface area (Å²) < 4.78 is 7.10. The first-order chi connectivity index (χ1) is 6.63. The van der Waals surface area contributed by atoms with Crippen molar-refractivity contribution >= 4 is 70.0 Å². The normalized spacial score (nSPS) is 10.8. The van der Waals surface area contributed by atoms with Crippen LogP contribution < -0.4 is 0 Å². The Hall–Kier alpha value is 0.0200. The molecular formula is C7H3Br2NO2S2. The number of thiazole rings is 1. The van der Waals surface area contributed by atoms with Gasteiger partial charge < -0.3 is 4.74 Å². The molecule has 7 heteroatoms. The van der Waals surface area contributed by atoms with Gasteiger partial charge in [-0.25, -0.2) is 9.78 Å². The molecule has 0 atom stereocenters. The average molecular weight is 357 g/mol. The number of halogens is 2. The number of carbonyl (C=O) groups is 1. The quantitative estimate of drug-likeness (QED) is 0.732. The second kappa shape index (κ2) is 3.88. The van der Waals surface area contributed by atoms with E-state index < -0.39 is 0 Å². The summed E-state index contributed by atoms with van der Waals surface area (Å²) in [5.74, 6) is -0.334. The van der Waals surface area contributed by atoms with Gasteiger partial charge in [-0.3, -0.25) is 0 Å². The summed E-state index contributed by atoms with van der Waals surface area (Å²) in [5, 5.41) is 0. The van der Waals surface area contributed by atoms with E-state index in [1.807, 2.05) is 0 Å². The van der Waals surface area contributed by atoms with Gasteiger partial charge in [-0.05, 0) is 31.9 Å². The zero-order valence-electron chi connectivity index (χ0n) is 6.84. The highest BCUT2D eigenvalue weighted by atomic mass is 79.9. The van der Waals surface area contributed by atoms with E-state index in [1.165, 1.54) is 29.8 Å². The summed E-state index contributed by atoms with van der Waals surface area (Å²) in [5.41, 5.74) is 0.565. The molecule has 74 valence electrons. The van der Waals surface area contributed by atoms with Crippen LogP contribution in [0.25, 0.3) is 9.53 Å². The van der Waals surface area contributed by atoms with Crippen molar-refractivity contribution < 1.29 is 9.53 Å². The monoisotopic (exact) mass is 355 g/mol. The van der Waals surface area contributed by atoms with E-state index in [-0.39, 0.29) is 5.97 Å². The van der Waals surface area contributed by atoms with Crippen molar-refractivity contribution in [2.24, 2.45) is 0 Å². The molecule has 2 rings (SSSR count). The molecule has 0 aliphatic carbocycles. The van der Waals surface area contributed by atoms with Crippen molar-refractivity contribution in [3.8, 4) is 0 Å². The molecule has 14 heavy (non-hydrogen) atoms. The lowest BCUT2D eigenvalue weighted by atomic mass is 10.3. The number of ether oxygens (including phenoxy) is 1. The van der Waals surface area contributed by atoms with Crippen LogP contribution in [0.2, 0.25) is 0 Å². The van der Waals surface area contributed by atoms with E-state index in [9.17, 15) is 4.79 Å². The van der Waals surface area contributed by atoms with Gasteiger partial charge in [-0.1, -0.05) is 0 Å². The summed E-state index contributed by atoms with van der Waals surface area (Å²) in [6.45, 7) is 0. The lowest BCUT2D eigenvalue weighted by molar-refractivity contribution is 0.0603. The zero-order chi connectivity index (χ0) is 10.3. The SMILES string of the molecule is COC(=O)c1c(Br)sc2nc(Br)sc12. The molecule has 0 spiro atoms. The van der Waals surface area contributed by atoms with Gasteiger partial charge in [-0.2, -0.15) is 0 Å². The van der Waals surface area contributed by atoms with Crippen LogP contribution in [0.4, 0.5) is 0 Å². The Morgan fingerprint density at radius 1 is 1.43 bits per heavy atom. The van der Waals surface area contributed by atoms with Crippen molar-refractivity contribution in [1.82, 2.24) is 4.98 Å². The number of rotatable bonds is 1. The van der Waals surface area contributed by atoms with Gasteiger partial charge in [0.15, 0.2) is 3.92 Å². The summed E-state index contributed by atoms with van der Waals surface area (Å²) in [6, 6.07) is 0. The van der Waals surface area contributed by atoms with Crippen LogP contribution in [-0.4, -0.2) is 18.1 Å². The molecule has 2 heterocycles. The number of thiophene rings is 1. The number of hydrogen-bond donors (Lipinski definition) is 0. The Labute approximate surface area is 104 Å². The van der Waals surface area contributed by atoms with Gasteiger partial charge >= 0.3 is 5.97 Å². The minimum absolute atomic E-state index is 0.334. The van der Waals surface area contributed by atoms with Crippen LogP contribution in [0, 0.1) is 0 Å². The molecule has 0 fully saturated rings. The molecule has 0 saturated carbocycles. The number of methoxy groups -OCH3 is 1. The van der Waals surface area contributed by atoms with Gasteiger partial charge in [0.05, 0.1) is 15.6 Å². The number of fused-ring (bicyclic) bond motifs is 1. The first kappa shape index (κ1) is 10.5. The van der Waals surface area contributed by atoms with E-state index in [1.54, 1.807) is 0 Å². The summed E-state index contributed by atoms with van der Waals surface area (Å²) in [6.07, 6.45) is 0. The number of nitrogens with zero attached hydrogens (tertiary/aromatic N) is 1. The van der Waals surface area contributed by atoms with Crippen LogP contribution in [0.15, 0.2) is 7.70 Å². The number of aromatic nitrogens is 1. The average Bonchev–Trinajstić information content (AvgIpc) is 2.58. The zero-order valence-corrected chi connectivity index (χ0v) is 11.6. The molecule has 0 aliphatic rings. The van der Waals surface area contributed by atoms with E-state index in [4.69, 9.17) is 4.74 Å². The lowest BCUT2D eigenvalue weighted by Gasteiger charge is -1.95. The molecule has 2 aromatic heterocycles. The Morgan fingerprint density at radius 3 is 2.79 bits per heavy atom. The van der Waals surface area contributed by atoms with Crippen molar-refractivity contribution in [1.29, 1.82) is 0 Å². The Bertz CT molecular complexity index is 505. The fourth-order valence-corrected chi connectivity index (χ4v) is 4.63. The minimum Gasteiger partial charge on any atom is -0.465 e. The predicted octanol–water partition coefficient (Wildman–Crippen LogP) is 3.67. The summed E-state index contributed by atoms with van der Waals surface area (Å²) in [4.78, 5) is 16.5. The molecule has 0 bridgehead atoms. The molecule has 0 saturated heterocycles. The maximum absolute atomic E-state index is 11.4. The first-order valence-corrected chi connectivity index (χ1v) is 6.68.